The van der Waals surface area contributed by atoms with Crippen molar-refractivity contribution in [1.82, 2.24) is 9.78 Å². The first-order chi connectivity index (χ1) is 15.0. The van der Waals surface area contributed by atoms with Gasteiger partial charge in [0.1, 0.15) is 5.69 Å². The van der Waals surface area contributed by atoms with Crippen LogP contribution >= 0.6 is 0 Å². The summed E-state index contributed by atoms with van der Waals surface area (Å²) in [6, 6.07) is 11.2. The number of halogens is 1. The minimum absolute atomic E-state index is 0.0635. The Kier molecular flexibility index (Phi) is 5.57. The Balaban J connectivity index is 1.46. The van der Waals surface area contributed by atoms with Gasteiger partial charge >= 0.3 is 0 Å². The number of hydrogen-bond donors (Lipinski definition) is 1. The lowest BCUT2D eigenvalue weighted by Crippen LogP contribution is -2.28. The van der Waals surface area contributed by atoms with Gasteiger partial charge in [0.15, 0.2) is 17.3 Å². The molecule has 31 heavy (non-hydrogen) atoms. The first kappa shape index (κ1) is 20.4. The highest BCUT2D eigenvalue weighted by Gasteiger charge is 2.35. The summed E-state index contributed by atoms with van der Waals surface area (Å²) in [7, 11) is 3.05. The summed E-state index contributed by atoms with van der Waals surface area (Å²) in [4.78, 5) is 26.8. The first-order valence-corrected chi connectivity index (χ1v) is 9.63. The predicted octanol–water partition coefficient (Wildman–Crippen LogP) is 3.02. The van der Waals surface area contributed by atoms with Crippen molar-refractivity contribution in [3.63, 3.8) is 0 Å². The third kappa shape index (κ3) is 4.07. The second kappa shape index (κ2) is 8.47. The summed E-state index contributed by atoms with van der Waals surface area (Å²) in [6.45, 7) is 0.216. The van der Waals surface area contributed by atoms with Gasteiger partial charge in [-0.15, -0.1) is 0 Å². The fourth-order valence-electron chi connectivity index (χ4n) is 3.55. The first-order valence-electron chi connectivity index (χ1n) is 9.63. The Bertz CT molecular complexity index is 1120. The van der Waals surface area contributed by atoms with Gasteiger partial charge in [-0.3, -0.25) is 9.59 Å². The number of anilines is 2. The van der Waals surface area contributed by atoms with E-state index in [9.17, 15) is 14.0 Å². The molecule has 1 fully saturated rings. The van der Waals surface area contributed by atoms with E-state index in [2.05, 4.69) is 10.4 Å². The highest BCUT2D eigenvalue weighted by molar-refractivity contribution is 6.03. The molecule has 1 aromatic heterocycles. The molecule has 2 aromatic carbocycles. The largest absolute Gasteiger partial charge is 0.493 e. The molecule has 3 aromatic rings. The zero-order valence-corrected chi connectivity index (χ0v) is 17.0. The van der Waals surface area contributed by atoms with Crippen molar-refractivity contribution in [2.45, 2.75) is 6.42 Å². The van der Waals surface area contributed by atoms with Crippen molar-refractivity contribution in [1.29, 1.82) is 0 Å². The summed E-state index contributed by atoms with van der Waals surface area (Å²) < 4.78 is 26.3. The van der Waals surface area contributed by atoms with Gasteiger partial charge < -0.3 is 19.7 Å². The molecular formula is C22H21FN4O4. The predicted molar refractivity (Wildman–Crippen MR) is 112 cm³/mol. The molecule has 0 spiro atoms. The molecule has 4 rings (SSSR count). The molecule has 0 unspecified atom stereocenters. The third-order valence-electron chi connectivity index (χ3n) is 5.14. The average Bonchev–Trinajstić information content (AvgIpc) is 3.43. The molecule has 1 atom stereocenters. The van der Waals surface area contributed by atoms with Crippen molar-refractivity contribution in [3.8, 4) is 17.2 Å². The van der Waals surface area contributed by atoms with Crippen LogP contribution in [0.3, 0.4) is 0 Å². The van der Waals surface area contributed by atoms with Crippen LogP contribution in [0.1, 0.15) is 6.42 Å². The SMILES string of the molecule is COc1ccc(N2C[C@H](C(=O)Nc3ccc(-n4cccn4)c(F)c3)CC2=O)cc1OC. The second-order valence-corrected chi connectivity index (χ2v) is 7.05. The Morgan fingerprint density at radius 1 is 1.16 bits per heavy atom. The van der Waals surface area contributed by atoms with Crippen LogP contribution in [-0.4, -0.2) is 42.4 Å². The van der Waals surface area contributed by atoms with Crippen molar-refractivity contribution < 1.29 is 23.5 Å². The van der Waals surface area contributed by atoms with Crippen molar-refractivity contribution in [3.05, 3.63) is 60.7 Å². The molecule has 0 bridgehead atoms. The maximum atomic E-state index is 14.4. The molecular weight excluding hydrogens is 403 g/mol. The van der Waals surface area contributed by atoms with Gasteiger partial charge in [0.25, 0.3) is 0 Å². The zero-order chi connectivity index (χ0) is 22.0. The number of nitrogens with one attached hydrogen (secondary N) is 1. The average molecular weight is 424 g/mol. The summed E-state index contributed by atoms with van der Waals surface area (Å²) in [5, 5.41) is 6.70. The number of carbonyl (C=O) groups excluding carboxylic acids is 2. The van der Waals surface area contributed by atoms with E-state index in [1.54, 1.807) is 42.7 Å². The fraction of sp³-hybridized carbons (Fsp3) is 0.227. The second-order valence-electron chi connectivity index (χ2n) is 7.05. The van der Waals surface area contributed by atoms with Gasteiger partial charge in [-0.05, 0) is 36.4 Å². The van der Waals surface area contributed by atoms with Crippen LogP contribution in [0.2, 0.25) is 0 Å². The highest BCUT2D eigenvalue weighted by atomic mass is 19.1. The highest BCUT2D eigenvalue weighted by Crippen LogP contribution is 2.34. The molecule has 160 valence electrons. The molecule has 0 aliphatic carbocycles. The number of nitrogens with zero attached hydrogens (tertiary/aromatic N) is 3. The van der Waals surface area contributed by atoms with Gasteiger partial charge in [-0.25, -0.2) is 9.07 Å². The van der Waals surface area contributed by atoms with Crippen LogP contribution in [0.5, 0.6) is 11.5 Å². The minimum Gasteiger partial charge on any atom is -0.493 e. The van der Waals surface area contributed by atoms with Crippen molar-refractivity contribution in [2.75, 3.05) is 31.0 Å². The number of amides is 2. The lowest BCUT2D eigenvalue weighted by Gasteiger charge is -2.18. The quantitative estimate of drug-likeness (QED) is 0.658. The van der Waals surface area contributed by atoms with Crippen LogP contribution in [0.15, 0.2) is 54.9 Å². The fourth-order valence-corrected chi connectivity index (χ4v) is 3.55. The van der Waals surface area contributed by atoms with Crippen LogP contribution < -0.4 is 19.7 Å². The van der Waals surface area contributed by atoms with Crippen molar-refractivity contribution in [2.24, 2.45) is 5.92 Å². The summed E-state index contributed by atoms with van der Waals surface area (Å²) in [5.41, 5.74) is 1.21. The number of benzene rings is 2. The van der Waals surface area contributed by atoms with E-state index in [1.807, 2.05) is 0 Å². The van der Waals surface area contributed by atoms with Gasteiger partial charge in [0.05, 0.1) is 20.1 Å². The molecule has 0 radical (unpaired) electrons. The maximum Gasteiger partial charge on any atom is 0.229 e. The number of carbonyl (C=O) groups is 2. The van der Waals surface area contributed by atoms with E-state index in [0.29, 0.717) is 22.9 Å². The number of methoxy groups -OCH3 is 2. The number of aromatic nitrogens is 2. The van der Waals surface area contributed by atoms with Gasteiger partial charge in [0, 0.05) is 42.8 Å². The Morgan fingerprint density at radius 3 is 2.65 bits per heavy atom. The van der Waals surface area contributed by atoms with E-state index < -0.39 is 11.7 Å². The maximum absolute atomic E-state index is 14.4. The summed E-state index contributed by atoms with van der Waals surface area (Å²) >= 11 is 0. The molecule has 1 aliphatic heterocycles. The molecule has 1 N–H and O–H groups in total. The van der Waals surface area contributed by atoms with Crippen LogP contribution in [0.25, 0.3) is 5.69 Å². The topological polar surface area (TPSA) is 85.7 Å². The van der Waals surface area contributed by atoms with E-state index in [1.165, 1.54) is 35.9 Å². The van der Waals surface area contributed by atoms with Crippen molar-refractivity contribution >= 4 is 23.2 Å². The molecule has 8 nitrogen and oxygen atoms in total. The smallest absolute Gasteiger partial charge is 0.229 e. The lowest BCUT2D eigenvalue weighted by atomic mass is 10.1. The van der Waals surface area contributed by atoms with E-state index >= 15 is 0 Å². The van der Waals surface area contributed by atoms with Crippen LogP contribution in [0, 0.1) is 11.7 Å². The Hall–Kier alpha value is -3.88. The lowest BCUT2D eigenvalue weighted by molar-refractivity contribution is -0.122. The van der Waals surface area contributed by atoms with E-state index in [4.69, 9.17) is 9.47 Å². The number of rotatable bonds is 6. The minimum atomic E-state index is -0.561. The molecule has 0 saturated carbocycles. The van der Waals surface area contributed by atoms with E-state index in [0.717, 1.165) is 0 Å². The molecule has 1 saturated heterocycles. The normalized spacial score (nSPS) is 15.8. The van der Waals surface area contributed by atoms with Crippen LogP contribution in [0.4, 0.5) is 15.8 Å². The zero-order valence-electron chi connectivity index (χ0n) is 17.0. The Labute approximate surface area is 178 Å². The van der Waals surface area contributed by atoms with E-state index in [-0.39, 0.29) is 30.5 Å². The van der Waals surface area contributed by atoms with Gasteiger partial charge in [-0.1, -0.05) is 0 Å². The Morgan fingerprint density at radius 2 is 1.97 bits per heavy atom. The number of ether oxygens (including phenoxy) is 2. The summed E-state index contributed by atoms with van der Waals surface area (Å²) in [6.07, 6.45) is 3.24. The van der Waals surface area contributed by atoms with Gasteiger partial charge in [-0.2, -0.15) is 5.10 Å². The monoisotopic (exact) mass is 424 g/mol. The summed E-state index contributed by atoms with van der Waals surface area (Å²) in [5.74, 6) is -0.554. The standard InChI is InChI=1S/C22H21FN4O4/c1-30-19-7-5-16(12-20(19)31-2)26-13-14(10-21(26)28)22(29)25-15-4-6-18(17(23)11-15)27-9-3-8-24-27/h3-9,11-12,14H,10,13H2,1-2H3,(H,25,29)/t14-/m1/s1. The molecule has 1 aliphatic rings. The molecule has 2 amide bonds. The van der Waals surface area contributed by atoms with Crippen LogP contribution in [-0.2, 0) is 9.59 Å². The molecule has 9 heteroatoms. The third-order valence-corrected chi connectivity index (χ3v) is 5.14. The van der Waals surface area contributed by atoms with Gasteiger partial charge in [0.2, 0.25) is 11.8 Å². The number of hydrogen-bond acceptors (Lipinski definition) is 5. The molecule has 2 heterocycles.